The average Bonchev–Trinajstić information content (AvgIpc) is 2.27. The number of hydrogen-bond acceptors (Lipinski definition) is 2. The van der Waals surface area contributed by atoms with Gasteiger partial charge in [-0.15, -0.1) is 0 Å². The van der Waals surface area contributed by atoms with E-state index in [9.17, 15) is 26.7 Å². The second-order valence-corrected chi connectivity index (χ2v) is 3.43. The Hall–Kier alpha value is -1.92. The van der Waals surface area contributed by atoms with Crippen LogP contribution in [0.4, 0.5) is 22.0 Å². The second-order valence-electron chi connectivity index (χ2n) is 3.43. The van der Waals surface area contributed by atoms with Gasteiger partial charge in [-0.1, -0.05) is 12.1 Å². The number of hydrogen-bond donors (Lipinski definition) is 0. The van der Waals surface area contributed by atoms with Crippen molar-refractivity contribution in [3.8, 4) is 0 Å². The first-order valence-corrected chi connectivity index (χ1v) is 5.17. The zero-order valence-electron chi connectivity index (χ0n) is 9.72. The van der Waals surface area contributed by atoms with Crippen LogP contribution in [-0.2, 0) is 4.74 Å². The SMILES string of the molecule is CCOC(=O)c1ccc(C(=C(F)F)C(F)(F)F)cc1. The lowest BCUT2D eigenvalue weighted by atomic mass is 10.0. The van der Waals surface area contributed by atoms with Gasteiger partial charge in [-0.3, -0.25) is 0 Å². The van der Waals surface area contributed by atoms with E-state index >= 15 is 0 Å². The second kappa shape index (κ2) is 5.81. The standard InChI is InChI=1S/C12H9F5O2/c1-2-19-11(18)8-5-3-7(4-6-8)9(10(13)14)12(15,16)17/h3-6H,2H2,1H3. The highest BCUT2D eigenvalue weighted by molar-refractivity contribution is 5.90. The van der Waals surface area contributed by atoms with Crippen molar-refractivity contribution in [3.63, 3.8) is 0 Å². The molecule has 0 spiro atoms. The van der Waals surface area contributed by atoms with Crippen LogP contribution in [0, 0.1) is 0 Å². The van der Waals surface area contributed by atoms with Crippen molar-refractivity contribution in [2.75, 3.05) is 6.61 Å². The van der Waals surface area contributed by atoms with Crippen LogP contribution in [0.5, 0.6) is 0 Å². The fourth-order valence-electron chi connectivity index (χ4n) is 1.37. The fourth-order valence-corrected chi connectivity index (χ4v) is 1.37. The van der Waals surface area contributed by atoms with Gasteiger partial charge >= 0.3 is 12.1 Å². The largest absolute Gasteiger partial charge is 0.462 e. The highest BCUT2D eigenvalue weighted by Gasteiger charge is 2.38. The van der Waals surface area contributed by atoms with Gasteiger partial charge in [0.25, 0.3) is 6.08 Å². The lowest BCUT2D eigenvalue weighted by molar-refractivity contribution is -0.0711. The van der Waals surface area contributed by atoms with Gasteiger partial charge in [0.2, 0.25) is 0 Å². The van der Waals surface area contributed by atoms with E-state index in [4.69, 9.17) is 0 Å². The Balaban J connectivity index is 3.11. The number of rotatable bonds is 3. The molecular formula is C12H9F5O2. The van der Waals surface area contributed by atoms with E-state index in [1.807, 2.05) is 0 Å². The highest BCUT2D eigenvalue weighted by atomic mass is 19.4. The van der Waals surface area contributed by atoms with Crippen molar-refractivity contribution >= 4 is 11.5 Å². The summed E-state index contributed by atoms with van der Waals surface area (Å²) in [6.45, 7) is 1.67. The van der Waals surface area contributed by atoms with Gasteiger partial charge in [0, 0.05) is 0 Å². The van der Waals surface area contributed by atoms with Crippen LogP contribution >= 0.6 is 0 Å². The smallest absolute Gasteiger partial charge is 0.422 e. The Morgan fingerprint density at radius 2 is 1.58 bits per heavy atom. The third-order valence-electron chi connectivity index (χ3n) is 2.16. The topological polar surface area (TPSA) is 26.3 Å². The summed E-state index contributed by atoms with van der Waals surface area (Å²) in [7, 11) is 0. The third kappa shape index (κ3) is 3.77. The molecule has 0 fully saturated rings. The predicted molar refractivity (Wildman–Crippen MR) is 57.6 cm³/mol. The van der Waals surface area contributed by atoms with E-state index in [0.29, 0.717) is 0 Å². The lowest BCUT2D eigenvalue weighted by Crippen LogP contribution is -2.12. The molecule has 19 heavy (non-hydrogen) atoms. The Labute approximate surface area is 105 Å². The monoisotopic (exact) mass is 280 g/mol. The summed E-state index contributed by atoms with van der Waals surface area (Å²) in [6, 6.07) is 3.60. The molecule has 104 valence electrons. The van der Waals surface area contributed by atoms with Crippen LogP contribution in [0.3, 0.4) is 0 Å². The van der Waals surface area contributed by atoms with E-state index in [1.54, 1.807) is 6.92 Å². The Kier molecular flexibility index (Phi) is 4.63. The summed E-state index contributed by atoms with van der Waals surface area (Å²) < 4.78 is 66.5. The minimum absolute atomic E-state index is 0.00797. The molecule has 1 aromatic carbocycles. The molecule has 0 aliphatic carbocycles. The molecular weight excluding hydrogens is 271 g/mol. The van der Waals surface area contributed by atoms with Crippen molar-refractivity contribution in [3.05, 3.63) is 41.5 Å². The molecule has 0 heterocycles. The van der Waals surface area contributed by atoms with Gasteiger partial charge in [-0.2, -0.15) is 22.0 Å². The van der Waals surface area contributed by atoms with Gasteiger partial charge < -0.3 is 4.74 Å². The van der Waals surface area contributed by atoms with Gasteiger partial charge in [-0.25, -0.2) is 4.79 Å². The van der Waals surface area contributed by atoms with E-state index in [1.165, 1.54) is 0 Å². The van der Waals surface area contributed by atoms with Gasteiger partial charge in [0.05, 0.1) is 12.2 Å². The van der Waals surface area contributed by atoms with Gasteiger partial charge in [0.1, 0.15) is 5.57 Å². The first-order valence-electron chi connectivity index (χ1n) is 5.17. The van der Waals surface area contributed by atoms with Crippen molar-refractivity contribution in [1.82, 2.24) is 0 Å². The quantitative estimate of drug-likeness (QED) is 0.617. The number of carbonyl (C=O) groups is 1. The van der Waals surface area contributed by atoms with E-state index < -0.39 is 29.4 Å². The number of ether oxygens (including phenoxy) is 1. The molecule has 2 nitrogen and oxygen atoms in total. The maximum atomic E-state index is 12.4. The maximum Gasteiger partial charge on any atom is 0.422 e. The van der Waals surface area contributed by atoms with Crippen LogP contribution in [0.15, 0.2) is 30.3 Å². The maximum absolute atomic E-state index is 12.4. The van der Waals surface area contributed by atoms with Crippen LogP contribution in [0.1, 0.15) is 22.8 Å². The molecule has 7 heteroatoms. The third-order valence-corrected chi connectivity index (χ3v) is 2.16. The molecule has 0 atom stereocenters. The van der Waals surface area contributed by atoms with Gasteiger partial charge in [0.15, 0.2) is 0 Å². The molecule has 0 saturated heterocycles. The fraction of sp³-hybridized carbons (Fsp3) is 0.250. The molecule has 0 amide bonds. The number of halogens is 5. The Bertz CT molecular complexity index is 484. The molecule has 1 rings (SSSR count). The molecule has 0 radical (unpaired) electrons. The van der Waals surface area contributed by atoms with Crippen molar-refractivity contribution in [1.29, 1.82) is 0 Å². The average molecular weight is 280 g/mol. The Morgan fingerprint density at radius 3 is 1.95 bits per heavy atom. The molecule has 0 aromatic heterocycles. The number of esters is 1. The minimum Gasteiger partial charge on any atom is -0.462 e. The first kappa shape index (κ1) is 15.1. The van der Waals surface area contributed by atoms with Crippen LogP contribution in [-0.4, -0.2) is 18.8 Å². The van der Waals surface area contributed by atoms with E-state index in [0.717, 1.165) is 24.3 Å². The summed E-state index contributed by atoms with van der Waals surface area (Å²) >= 11 is 0. The van der Waals surface area contributed by atoms with Crippen molar-refractivity contribution in [2.24, 2.45) is 0 Å². The van der Waals surface area contributed by atoms with Crippen LogP contribution in [0.25, 0.3) is 5.57 Å². The highest BCUT2D eigenvalue weighted by Crippen LogP contribution is 2.37. The van der Waals surface area contributed by atoms with Crippen LogP contribution in [0.2, 0.25) is 0 Å². The molecule has 0 saturated carbocycles. The number of benzene rings is 1. The first-order chi connectivity index (χ1) is 8.77. The van der Waals surface area contributed by atoms with E-state index in [2.05, 4.69) is 4.74 Å². The summed E-state index contributed by atoms with van der Waals surface area (Å²) in [5, 5.41) is 0. The zero-order valence-corrected chi connectivity index (χ0v) is 9.72. The summed E-state index contributed by atoms with van der Waals surface area (Å²) in [4.78, 5) is 11.3. The lowest BCUT2D eigenvalue weighted by Gasteiger charge is -2.11. The molecule has 0 N–H and O–H groups in total. The molecule has 0 bridgehead atoms. The number of carbonyl (C=O) groups excluding carboxylic acids is 1. The van der Waals surface area contributed by atoms with Crippen molar-refractivity contribution in [2.45, 2.75) is 13.1 Å². The molecule has 0 aliphatic rings. The van der Waals surface area contributed by atoms with Crippen LogP contribution < -0.4 is 0 Å². The van der Waals surface area contributed by atoms with Gasteiger partial charge in [-0.05, 0) is 24.6 Å². The number of alkyl halides is 3. The normalized spacial score (nSPS) is 11.1. The summed E-state index contributed by atoms with van der Waals surface area (Å²) in [6.07, 6.45) is -7.99. The molecule has 0 unspecified atom stereocenters. The molecule has 1 aromatic rings. The summed E-state index contributed by atoms with van der Waals surface area (Å²) in [5.41, 5.74) is -2.73. The minimum atomic E-state index is -5.16. The molecule has 0 aliphatic heterocycles. The summed E-state index contributed by atoms with van der Waals surface area (Å²) in [5.74, 6) is -0.729. The Morgan fingerprint density at radius 1 is 1.11 bits per heavy atom. The number of allylic oxidation sites excluding steroid dienone is 1. The predicted octanol–water partition coefficient (Wildman–Crippen LogP) is 4.03. The van der Waals surface area contributed by atoms with E-state index in [-0.39, 0.29) is 12.2 Å². The van der Waals surface area contributed by atoms with Crippen molar-refractivity contribution < 1.29 is 31.5 Å². The zero-order chi connectivity index (χ0) is 14.6.